The highest BCUT2D eigenvalue weighted by molar-refractivity contribution is 7.80. The largest absolute Gasteiger partial charge is 0.383 e. The standard InChI is InChI=1S/C15H21ClN6S/c1-9-7-22(8-10(2)19-9)15(23)21-20-12-3-4-17-13-5-11(16)6-18-14(12)13/h5-6,9-10,17,19H,3-4,7-8H2,1-2H3,(H,21,23)/b20-12-/t9-,10+. The van der Waals surface area contributed by atoms with Gasteiger partial charge >= 0.3 is 0 Å². The number of hydrazone groups is 1. The number of nitrogens with zero attached hydrogens (tertiary/aromatic N) is 3. The molecule has 23 heavy (non-hydrogen) atoms. The van der Waals surface area contributed by atoms with Crippen LogP contribution in [0.15, 0.2) is 17.4 Å². The number of pyridine rings is 1. The molecule has 1 aromatic heterocycles. The zero-order valence-corrected chi connectivity index (χ0v) is 14.8. The summed E-state index contributed by atoms with van der Waals surface area (Å²) in [5.74, 6) is 0. The molecule has 3 rings (SSSR count). The first-order valence-corrected chi connectivity index (χ1v) is 8.59. The van der Waals surface area contributed by atoms with Crippen molar-refractivity contribution < 1.29 is 0 Å². The van der Waals surface area contributed by atoms with E-state index in [1.807, 2.05) is 6.07 Å². The van der Waals surface area contributed by atoms with Gasteiger partial charge in [-0.25, -0.2) is 0 Å². The maximum Gasteiger partial charge on any atom is 0.189 e. The molecule has 0 bridgehead atoms. The molecule has 2 aliphatic heterocycles. The van der Waals surface area contributed by atoms with Gasteiger partial charge in [0, 0.05) is 44.3 Å². The molecule has 0 aliphatic carbocycles. The fourth-order valence-electron chi connectivity index (χ4n) is 3.03. The first-order chi connectivity index (χ1) is 11.0. The number of rotatable bonds is 1. The maximum absolute atomic E-state index is 5.99. The number of thiocarbonyl (C=S) groups is 1. The zero-order valence-electron chi connectivity index (χ0n) is 13.3. The van der Waals surface area contributed by atoms with Gasteiger partial charge in [0.25, 0.3) is 0 Å². The van der Waals surface area contributed by atoms with Crippen molar-refractivity contribution in [1.29, 1.82) is 0 Å². The predicted molar refractivity (Wildman–Crippen MR) is 98.3 cm³/mol. The molecule has 2 atom stereocenters. The fourth-order valence-corrected chi connectivity index (χ4v) is 3.38. The highest BCUT2D eigenvalue weighted by atomic mass is 35.5. The molecule has 0 unspecified atom stereocenters. The van der Waals surface area contributed by atoms with Gasteiger partial charge in [-0.1, -0.05) is 11.6 Å². The molecule has 8 heteroatoms. The summed E-state index contributed by atoms with van der Waals surface area (Å²) in [6.07, 6.45) is 2.44. The van der Waals surface area contributed by atoms with E-state index in [1.165, 1.54) is 0 Å². The number of hydrogen-bond acceptors (Lipinski definition) is 5. The van der Waals surface area contributed by atoms with Crippen LogP contribution in [0.3, 0.4) is 0 Å². The highest BCUT2D eigenvalue weighted by Crippen LogP contribution is 2.23. The summed E-state index contributed by atoms with van der Waals surface area (Å²) >= 11 is 11.5. The molecule has 124 valence electrons. The van der Waals surface area contributed by atoms with Crippen LogP contribution in [0, 0.1) is 0 Å². The summed E-state index contributed by atoms with van der Waals surface area (Å²) in [6, 6.07) is 2.69. The van der Waals surface area contributed by atoms with Crippen LogP contribution >= 0.6 is 23.8 Å². The zero-order chi connectivity index (χ0) is 16.4. The normalized spacial score (nSPS) is 25.7. The van der Waals surface area contributed by atoms with Crippen LogP contribution in [0.25, 0.3) is 0 Å². The van der Waals surface area contributed by atoms with Crippen LogP contribution in [0.1, 0.15) is 26.0 Å². The van der Waals surface area contributed by atoms with Crippen molar-refractivity contribution in [2.45, 2.75) is 32.4 Å². The van der Waals surface area contributed by atoms with E-state index in [9.17, 15) is 0 Å². The van der Waals surface area contributed by atoms with E-state index in [1.54, 1.807) is 6.20 Å². The Hall–Kier alpha value is -1.44. The first kappa shape index (κ1) is 16.4. The van der Waals surface area contributed by atoms with E-state index in [-0.39, 0.29) is 0 Å². The van der Waals surface area contributed by atoms with Gasteiger partial charge in [0.1, 0.15) is 5.69 Å². The summed E-state index contributed by atoms with van der Waals surface area (Å²) in [5.41, 5.74) is 5.68. The molecule has 0 saturated carbocycles. The van der Waals surface area contributed by atoms with Gasteiger partial charge in [-0.05, 0) is 32.1 Å². The van der Waals surface area contributed by atoms with E-state index in [4.69, 9.17) is 23.8 Å². The van der Waals surface area contributed by atoms with Gasteiger partial charge in [-0.15, -0.1) is 0 Å². The molecule has 2 aliphatic rings. The summed E-state index contributed by atoms with van der Waals surface area (Å²) in [6.45, 7) is 6.89. The molecule has 0 amide bonds. The van der Waals surface area contributed by atoms with Crippen molar-refractivity contribution in [3.05, 3.63) is 23.0 Å². The predicted octanol–water partition coefficient (Wildman–Crippen LogP) is 1.81. The third-order valence-corrected chi connectivity index (χ3v) is 4.49. The van der Waals surface area contributed by atoms with Crippen molar-refractivity contribution >= 4 is 40.3 Å². The Kier molecular flexibility index (Phi) is 4.99. The average molecular weight is 353 g/mol. The lowest BCUT2D eigenvalue weighted by atomic mass is 10.1. The van der Waals surface area contributed by atoms with Crippen molar-refractivity contribution in [1.82, 2.24) is 20.6 Å². The number of fused-ring (bicyclic) bond motifs is 1. The lowest BCUT2D eigenvalue weighted by molar-refractivity contribution is 0.253. The van der Waals surface area contributed by atoms with Gasteiger partial charge in [0.15, 0.2) is 5.11 Å². The number of nitrogens with one attached hydrogen (secondary N) is 3. The van der Waals surface area contributed by atoms with E-state index in [2.05, 4.69) is 44.9 Å². The van der Waals surface area contributed by atoms with Crippen LogP contribution in [-0.4, -0.2) is 52.4 Å². The summed E-state index contributed by atoms with van der Waals surface area (Å²) in [7, 11) is 0. The second kappa shape index (κ2) is 6.98. The Morgan fingerprint density at radius 2 is 2.17 bits per heavy atom. The van der Waals surface area contributed by atoms with Gasteiger partial charge in [-0.3, -0.25) is 10.4 Å². The van der Waals surface area contributed by atoms with E-state index in [0.29, 0.717) is 22.2 Å². The minimum absolute atomic E-state index is 0.412. The Morgan fingerprint density at radius 1 is 1.43 bits per heavy atom. The van der Waals surface area contributed by atoms with Crippen molar-refractivity contribution in [3.63, 3.8) is 0 Å². The van der Waals surface area contributed by atoms with Crippen molar-refractivity contribution in [2.75, 3.05) is 25.0 Å². The Bertz CT molecular complexity index is 624. The molecule has 1 fully saturated rings. The number of halogens is 1. The summed E-state index contributed by atoms with van der Waals surface area (Å²) in [5, 5.41) is 12.6. The van der Waals surface area contributed by atoms with Crippen molar-refractivity contribution in [2.24, 2.45) is 5.10 Å². The number of anilines is 1. The minimum Gasteiger partial charge on any atom is -0.383 e. The molecular weight excluding hydrogens is 332 g/mol. The van der Waals surface area contributed by atoms with Gasteiger partial charge in [0.05, 0.1) is 16.4 Å². The lowest BCUT2D eigenvalue weighted by Gasteiger charge is -2.37. The molecule has 1 saturated heterocycles. The van der Waals surface area contributed by atoms with E-state index < -0.39 is 0 Å². The smallest absolute Gasteiger partial charge is 0.189 e. The second-order valence-electron chi connectivity index (χ2n) is 6.08. The number of hydrogen-bond donors (Lipinski definition) is 3. The number of aromatic nitrogens is 1. The van der Waals surface area contributed by atoms with Crippen LogP contribution in [0.2, 0.25) is 5.02 Å². The monoisotopic (exact) mass is 352 g/mol. The SMILES string of the molecule is C[C@@H]1CN(C(=S)N/N=C2/CCNc3cc(Cl)cnc32)C[C@H](C)N1. The maximum atomic E-state index is 5.99. The minimum atomic E-state index is 0.412. The molecule has 3 heterocycles. The van der Waals surface area contributed by atoms with Crippen molar-refractivity contribution in [3.8, 4) is 0 Å². The Morgan fingerprint density at radius 3 is 2.91 bits per heavy atom. The molecule has 0 spiro atoms. The van der Waals surface area contributed by atoms with Crippen LogP contribution in [-0.2, 0) is 0 Å². The third-order valence-electron chi connectivity index (χ3n) is 3.94. The van der Waals surface area contributed by atoms with E-state index in [0.717, 1.165) is 43.1 Å². The third kappa shape index (κ3) is 3.91. The molecule has 0 aromatic carbocycles. The Labute approximate surface area is 146 Å². The molecule has 3 N–H and O–H groups in total. The first-order valence-electron chi connectivity index (χ1n) is 7.80. The summed E-state index contributed by atoms with van der Waals surface area (Å²) in [4.78, 5) is 6.54. The van der Waals surface area contributed by atoms with Gasteiger partial charge in [-0.2, -0.15) is 5.10 Å². The highest BCUT2D eigenvalue weighted by Gasteiger charge is 2.23. The number of piperazine rings is 1. The Balaban J connectivity index is 1.70. The molecule has 0 radical (unpaired) electrons. The quantitative estimate of drug-likeness (QED) is 0.529. The van der Waals surface area contributed by atoms with Crippen LogP contribution < -0.4 is 16.1 Å². The van der Waals surface area contributed by atoms with E-state index >= 15 is 0 Å². The van der Waals surface area contributed by atoms with Gasteiger partial charge < -0.3 is 15.5 Å². The second-order valence-corrected chi connectivity index (χ2v) is 6.90. The molecule has 1 aromatic rings. The molecular formula is C15H21ClN6S. The van der Waals surface area contributed by atoms with Gasteiger partial charge in [0.2, 0.25) is 0 Å². The van der Waals surface area contributed by atoms with Crippen LogP contribution in [0.5, 0.6) is 0 Å². The lowest BCUT2D eigenvalue weighted by Crippen LogP contribution is -2.57. The topological polar surface area (TPSA) is 64.6 Å². The molecule has 6 nitrogen and oxygen atoms in total. The fraction of sp³-hybridized carbons (Fsp3) is 0.533. The average Bonchev–Trinajstić information content (AvgIpc) is 2.51. The van der Waals surface area contributed by atoms with Crippen LogP contribution in [0.4, 0.5) is 5.69 Å². The summed E-state index contributed by atoms with van der Waals surface area (Å²) < 4.78 is 0.